The minimum absolute atomic E-state index is 0.0134. The standard InChI is InChI=1S/C29H29FN4O3S/c1-20-10-15-28(21(2)16-20)34-22(3)17-24(23(34)4)18-31-32-29(35)19-33(26-13-11-25(30)12-14-26)38(36,37)27-8-6-5-7-9-27/h5-18H,19H2,1-4H3,(H,32,35)/b31-18+. The molecular weight excluding hydrogens is 503 g/mol. The van der Waals surface area contributed by atoms with E-state index in [1.807, 2.05) is 19.9 Å². The largest absolute Gasteiger partial charge is 0.318 e. The summed E-state index contributed by atoms with van der Waals surface area (Å²) in [6.45, 7) is 7.54. The summed E-state index contributed by atoms with van der Waals surface area (Å²) >= 11 is 0. The van der Waals surface area contributed by atoms with Gasteiger partial charge >= 0.3 is 0 Å². The van der Waals surface area contributed by atoms with Crippen LogP contribution in [-0.2, 0) is 14.8 Å². The monoisotopic (exact) mass is 532 g/mol. The summed E-state index contributed by atoms with van der Waals surface area (Å²) in [6.07, 6.45) is 1.54. The fourth-order valence-corrected chi connectivity index (χ4v) is 5.77. The topological polar surface area (TPSA) is 83.8 Å². The smallest absolute Gasteiger partial charge is 0.264 e. The molecule has 0 spiro atoms. The number of hydrazone groups is 1. The van der Waals surface area contributed by atoms with Crippen LogP contribution >= 0.6 is 0 Å². The maximum Gasteiger partial charge on any atom is 0.264 e. The summed E-state index contributed by atoms with van der Waals surface area (Å²) < 4.78 is 43.2. The van der Waals surface area contributed by atoms with Crippen molar-refractivity contribution in [2.24, 2.45) is 5.10 Å². The fourth-order valence-electron chi connectivity index (χ4n) is 4.33. The molecule has 0 radical (unpaired) electrons. The van der Waals surface area contributed by atoms with Crippen LogP contribution in [-0.4, -0.2) is 31.7 Å². The van der Waals surface area contributed by atoms with Gasteiger partial charge in [0.05, 0.1) is 16.8 Å². The van der Waals surface area contributed by atoms with Gasteiger partial charge in [0.15, 0.2) is 0 Å². The molecule has 1 amide bonds. The van der Waals surface area contributed by atoms with Gasteiger partial charge in [-0.1, -0.05) is 35.9 Å². The number of hydrogen-bond donors (Lipinski definition) is 1. The molecular formula is C29H29FN4O3S. The van der Waals surface area contributed by atoms with Gasteiger partial charge in [0.1, 0.15) is 12.4 Å². The number of carbonyl (C=O) groups excluding carboxylic acids is 1. The van der Waals surface area contributed by atoms with Crippen LogP contribution in [0.15, 0.2) is 88.9 Å². The Morgan fingerprint density at radius 3 is 2.32 bits per heavy atom. The summed E-state index contributed by atoms with van der Waals surface area (Å²) in [5.74, 6) is -1.16. The first-order valence-corrected chi connectivity index (χ1v) is 13.4. The number of aromatic nitrogens is 1. The average molecular weight is 533 g/mol. The van der Waals surface area contributed by atoms with Crippen molar-refractivity contribution in [1.29, 1.82) is 0 Å². The van der Waals surface area contributed by atoms with E-state index in [1.54, 1.807) is 18.2 Å². The van der Waals surface area contributed by atoms with Gasteiger partial charge in [-0.15, -0.1) is 0 Å². The molecule has 38 heavy (non-hydrogen) atoms. The molecule has 7 nitrogen and oxygen atoms in total. The van der Waals surface area contributed by atoms with Crippen molar-refractivity contribution in [1.82, 2.24) is 9.99 Å². The van der Waals surface area contributed by atoms with Crippen LogP contribution in [0.2, 0.25) is 0 Å². The number of aryl methyl sites for hydroxylation is 3. The SMILES string of the molecule is Cc1ccc(-n2c(C)cc(/C=N/NC(=O)CN(c3ccc(F)cc3)S(=O)(=O)c3ccccc3)c2C)c(C)c1. The Hall–Kier alpha value is -4.24. The third-order valence-corrected chi connectivity index (χ3v) is 7.98. The highest BCUT2D eigenvalue weighted by Gasteiger charge is 2.27. The van der Waals surface area contributed by atoms with Gasteiger partial charge < -0.3 is 4.57 Å². The Labute approximate surface area is 222 Å². The number of rotatable bonds is 8. The van der Waals surface area contributed by atoms with E-state index in [2.05, 4.69) is 47.1 Å². The zero-order chi connectivity index (χ0) is 27.4. The van der Waals surface area contributed by atoms with Crippen molar-refractivity contribution in [2.75, 3.05) is 10.8 Å². The summed E-state index contributed by atoms with van der Waals surface area (Å²) in [6, 6.07) is 20.9. The molecule has 9 heteroatoms. The molecule has 0 unspecified atom stereocenters. The normalized spacial score (nSPS) is 11.6. The Morgan fingerprint density at radius 1 is 0.974 bits per heavy atom. The van der Waals surface area contributed by atoms with Crippen LogP contribution in [0, 0.1) is 33.5 Å². The molecule has 1 aromatic heterocycles. The average Bonchev–Trinajstić information content (AvgIpc) is 3.16. The second-order valence-electron chi connectivity index (χ2n) is 9.05. The number of carbonyl (C=O) groups is 1. The number of anilines is 1. The Kier molecular flexibility index (Phi) is 7.78. The molecule has 0 aliphatic carbocycles. The lowest BCUT2D eigenvalue weighted by molar-refractivity contribution is -0.119. The third kappa shape index (κ3) is 5.68. The molecule has 196 valence electrons. The maximum absolute atomic E-state index is 13.5. The van der Waals surface area contributed by atoms with E-state index in [4.69, 9.17) is 0 Å². The van der Waals surface area contributed by atoms with Crippen molar-refractivity contribution < 1.29 is 17.6 Å². The quantitative estimate of drug-likeness (QED) is 0.250. The molecule has 4 aromatic rings. The van der Waals surface area contributed by atoms with Gasteiger partial charge in [-0.05, 0) is 81.8 Å². The Bertz CT molecular complexity index is 1600. The first-order valence-electron chi connectivity index (χ1n) is 12.0. The molecule has 0 fully saturated rings. The van der Waals surface area contributed by atoms with Gasteiger partial charge in [-0.3, -0.25) is 9.10 Å². The highest BCUT2D eigenvalue weighted by atomic mass is 32.2. The van der Waals surface area contributed by atoms with E-state index in [1.165, 1.54) is 36.0 Å². The zero-order valence-corrected chi connectivity index (χ0v) is 22.5. The van der Waals surface area contributed by atoms with Gasteiger partial charge in [0.25, 0.3) is 15.9 Å². The molecule has 4 rings (SSSR count). The second kappa shape index (κ2) is 11.0. The van der Waals surface area contributed by atoms with Crippen molar-refractivity contribution >= 4 is 27.8 Å². The number of benzene rings is 3. The molecule has 0 aliphatic heterocycles. The zero-order valence-electron chi connectivity index (χ0n) is 21.6. The second-order valence-corrected chi connectivity index (χ2v) is 10.9. The summed E-state index contributed by atoms with van der Waals surface area (Å²) in [4.78, 5) is 12.8. The minimum atomic E-state index is -4.09. The first-order chi connectivity index (χ1) is 18.1. The Morgan fingerprint density at radius 2 is 1.66 bits per heavy atom. The maximum atomic E-state index is 13.5. The van der Waals surface area contributed by atoms with Gasteiger partial charge in [-0.2, -0.15) is 5.10 Å². The van der Waals surface area contributed by atoms with Crippen LogP contribution in [0.1, 0.15) is 28.1 Å². The number of nitrogens with zero attached hydrogens (tertiary/aromatic N) is 3. The lowest BCUT2D eigenvalue weighted by Crippen LogP contribution is -2.39. The van der Waals surface area contributed by atoms with E-state index in [0.717, 1.165) is 44.6 Å². The van der Waals surface area contributed by atoms with Gasteiger partial charge in [0, 0.05) is 22.6 Å². The predicted octanol–water partition coefficient (Wildman–Crippen LogP) is 5.20. The van der Waals surface area contributed by atoms with Crippen molar-refractivity contribution in [3.05, 3.63) is 113 Å². The molecule has 3 aromatic carbocycles. The van der Waals surface area contributed by atoms with Crippen molar-refractivity contribution in [2.45, 2.75) is 32.6 Å². The van der Waals surface area contributed by atoms with Crippen LogP contribution in [0.25, 0.3) is 5.69 Å². The molecule has 0 aliphatic rings. The van der Waals surface area contributed by atoms with E-state index >= 15 is 0 Å². The van der Waals surface area contributed by atoms with Crippen molar-refractivity contribution in [3.8, 4) is 5.69 Å². The van der Waals surface area contributed by atoms with Crippen LogP contribution in [0.3, 0.4) is 0 Å². The first kappa shape index (κ1) is 26.8. The molecule has 0 saturated heterocycles. The lowest BCUT2D eigenvalue weighted by atomic mass is 10.1. The highest BCUT2D eigenvalue weighted by Crippen LogP contribution is 2.25. The van der Waals surface area contributed by atoms with E-state index in [-0.39, 0.29) is 10.6 Å². The van der Waals surface area contributed by atoms with Gasteiger partial charge in [-0.25, -0.2) is 18.2 Å². The molecule has 0 bridgehead atoms. The summed E-state index contributed by atoms with van der Waals surface area (Å²) in [5.41, 5.74) is 8.75. The third-order valence-electron chi connectivity index (χ3n) is 6.19. The van der Waals surface area contributed by atoms with Crippen LogP contribution in [0.5, 0.6) is 0 Å². The fraction of sp³-hybridized carbons (Fsp3) is 0.172. The van der Waals surface area contributed by atoms with Crippen LogP contribution in [0.4, 0.5) is 10.1 Å². The number of hydrogen-bond acceptors (Lipinski definition) is 4. The molecule has 1 N–H and O–H groups in total. The van der Waals surface area contributed by atoms with E-state index in [0.29, 0.717) is 0 Å². The number of halogens is 1. The summed E-state index contributed by atoms with van der Waals surface area (Å²) in [7, 11) is -4.09. The van der Waals surface area contributed by atoms with Crippen molar-refractivity contribution in [3.63, 3.8) is 0 Å². The highest BCUT2D eigenvalue weighted by molar-refractivity contribution is 7.92. The lowest BCUT2D eigenvalue weighted by Gasteiger charge is -2.23. The van der Waals surface area contributed by atoms with Crippen LogP contribution < -0.4 is 9.73 Å². The number of nitrogens with one attached hydrogen (secondary N) is 1. The summed E-state index contributed by atoms with van der Waals surface area (Å²) in [5, 5.41) is 4.08. The number of sulfonamides is 1. The molecule has 0 saturated carbocycles. The molecule has 0 atom stereocenters. The van der Waals surface area contributed by atoms with E-state index in [9.17, 15) is 17.6 Å². The van der Waals surface area contributed by atoms with E-state index < -0.39 is 28.3 Å². The minimum Gasteiger partial charge on any atom is -0.318 e. The number of amides is 1. The Balaban J connectivity index is 1.55. The predicted molar refractivity (Wildman–Crippen MR) is 148 cm³/mol. The molecule has 1 heterocycles. The van der Waals surface area contributed by atoms with Gasteiger partial charge in [0.2, 0.25) is 0 Å².